The van der Waals surface area contributed by atoms with Gasteiger partial charge in [0.25, 0.3) is 0 Å². The van der Waals surface area contributed by atoms with Gasteiger partial charge in [0.15, 0.2) is 11.6 Å². The lowest BCUT2D eigenvalue weighted by molar-refractivity contribution is -0.0194. The molecule has 0 unspecified atom stereocenters. The molecule has 2 aliphatic carbocycles. The minimum atomic E-state index is -0.681. The van der Waals surface area contributed by atoms with Crippen molar-refractivity contribution in [1.29, 1.82) is 0 Å². The summed E-state index contributed by atoms with van der Waals surface area (Å²) in [4.78, 5) is 14.3. The summed E-state index contributed by atoms with van der Waals surface area (Å²) in [5, 5.41) is 0. The third kappa shape index (κ3) is 2.51. The number of carbonyl (C=O) groups is 1. The first-order chi connectivity index (χ1) is 11.6. The number of hydrogen-bond donors (Lipinski definition) is 1. The van der Waals surface area contributed by atoms with Crippen LogP contribution >= 0.6 is 0 Å². The van der Waals surface area contributed by atoms with E-state index < -0.39 is 11.7 Å². The maximum atomic E-state index is 14.2. The Morgan fingerprint density at radius 3 is 2.43 bits per heavy atom. The SMILES string of the molecule is [3H]c1cc(F)c2c(c1C(N)=O)C[C@@H](N(C1CCC1)C1CCC1)CO2. The summed E-state index contributed by atoms with van der Waals surface area (Å²) in [5.41, 5.74) is 6.04. The number of rotatable bonds is 4. The Hall–Kier alpha value is -1.62. The van der Waals surface area contributed by atoms with Crippen LogP contribution in [0.15, 0.2) is 12.1 Å². The Balaban J connectivity index is 1.67. The number of primary amides is 1. The van der Waals surface area contributed by atoms with Crippen molar-refractivity contribution in [2.24, 2.45) is 5.73 Å². The molecule has 3 aliphatic rings. The Morgan fingerprint density at radius 1 is 1.26 bits per heavy atom. The number of nitrogens with zero attached hydrogens (tertiary/aromatic N) is 1. The number of halogens is 1. The minimum Gasteiger partial charge on any atom is -0.489 e. The van der Waals surface area contributed by atoms with Gasteiger partial charge in [-0.2, -0.15) is 0 Å². The van der Waals surface area contributed by atoms with E-state index in [0.29, 0.717) is 30.7 Å². The van der Waals surface area contributed by atoms with Crippen molar-refractivity contribution >= 4 is 5.91 Å². The Morgan fingerprint density at radius 2 is 1.91 bits per heavy atom. The van der Waals surface area contributed by atoms with Crippen LogP contribution in [0, 0.1) is 5.82 Å². The Labute approximate surface area is 137 Å². The Bertz CT molecular complexity index is 659. The van der Waals surface area contributed by atoms with Crippen LogP contribution in [0.5, 0.6) is 5.75 Å². The zero-order valence-corrected chi connectivity index (χ0v) is 13.2. The van der Waals surface area contributed by atoms with Crippen molar-refractivity contribution in [3.8, 4) is 5.75 Å². The van der Waals surface area contributed by atoms with Crippen LogP contribution in [0.3, 0.4) is 0 Å². The van der Waals surface area contributed by atoms with Crippen LogP contribution in [-0.2, 0) is 6.42 Å². The molecule has 1 heterocycles. The fraction of sp³-hybridized carbons (Fsp3) is 0.611. The third-order valence-electron chi connectivity index (χ3n) is 5.66. The van der Waals surface area contributed by atoms with Gasteiger partial charge in [0.2, 0.25) is 5.91 Å². The van der Waals surface area contributed by atoms with Crippen molar-refractivity contribution < 1.29 is 15.3 Å². The highest BCUT2D eigenvalue weighted by atomic mass is 19.1. The number of ether oxygens (including phenoxy) is 1. The molecule has 0 radical (unpaired) electrons. The third-order valence-corrected chi connectivity index (χ3v) is 5.66. The summed E-state index contributed by atoms with van der Waals surface area (Å²) in [6.07, 6.45) is 7.87. The molecule has 2 saturated carbocycles. The van der Waals surface area contributed by atoms with Crippen LogP contribution in [0.2, 0.25) is 0 Å². The highest BCUT2D eigenvalue weighted by molar-refractivity contribution is 5.95. The molecule has 1 aliphatic heterocycles. The number of amides is 1. The van der Waals surface area contributed by atoms with E-state index in [2.05, 4.69) is 4.90 Å². The maximum Gasteiger partial charge on any atom is 0.249 e. The molecule has 1 aromatic carbocycles. The van der Waals surface area contributed by atoms with Gasteiger partial charge in [0.05, 0.1) is 1.37 Å². The number of hydrogen-bond acceptors (Lipinski definition) is 3. The molecule has 2 fully saturated rings. The molecule has 4 rings (SSSR count). The quantitative estimate of drug-likeness (QED) is 0.928. The number of fused-ring (bicyclic) bond motifs is 1. The summed E-state index contributed by atoms with van der Waals surface area (Å²) in [6.45, 7) is 0.437. The molecule has 0 aromatic heterocycles. The standard InChI is InChI=1S/C18H23FN2O2/c19-16-8-7-14(18(20)22)15-9-13(10-23-17(15)16)21(11-3-1-4-11)12-5-2-6-12/h7-8,11-13H,1-6,9-10H2,(H2,20,22)/t13-/m1/s1/i7T. The fourth-order valence-electron chi connectivity index (χ4n) is 4.05. The van der Waals surface area contributed by atoms with E-state index in [1.165, 1.54) is 38.5 Å². The highest BCUT2D eigenvalue weighted by Gasteiger charge is 2.40. The van der Waals surface area contributed by atoms with E-state index in [0.717, 1.165) is 6.07 Å². The van der Waals surface area contributed by atoms with Crippen LogP contribution in [0.1, 0.15) is 55.8 Å². The second-order valence-corrected chi connectivity index (χ2v) is 6.97. The second-order valence-electron chi connectivity index (χ2n) is 6.97. The van der Waals surface area contributed by atoms with Gasteiger partial charge in [-0.05, 0) is 44.2 Å². The van der Waals surface area contributed by atoms with E-state index >= 15 is 0 Å². The summed E-state index contributed by atoms with van der Waals surface area (Å²) in [5.74, 6) is -1.14. The van der Waals surface area contributed by atoms with Gasteiger partial charge in [0, 0.05) is 29.3 Å². The predicted octanol–water partition coefficient (Wildman–Crippen LogP) is 2.64. The molecule has 1 aromatic rings. The zero-order chi connectivity index (χ0) is 16.8. The largest absolute Gasteiger partial charge is 0.489 e. The van der Waals surface area contributed by atoms with Crippen LogP contribution in [0.25, 0.3) is 0 Å². The van der Waals surface area contributed by atoms with Gasteiger partial charge in [-0.25, -0.2) is 4.39 Å². The van der Waals surface area contributed by atoms with Crippen LogP contribution in [0.4, 0.5) is 4.39 Å². The molecule has 0 spiro atoms. The van der Waals surface area contributed by atoms with E-state index in [1.807, 2.05) is 0 Å². The van der Waals surface area contributed by atoms with Crippen LogP contribution < -0.4 is 10.5 Å². The topological polar surface area (TPSA) is 55.6 Å². The van der Waals surface area contributed by atoms with Gasteiger partial charge in [0.1, 0.15) is 6.61 Å². The first-order valence-electron chi connectivity index (χ1n) is 9.08. The lowest BCUT2D eigenvalue weighted by atomic mass is 9.82. The molecule has 124 valence electrons. The fourth-order valence-corrected chi connectivity index (χ4v) is 4.05. The van der Waals surface area contributed by atoms with Gasteiger partial charge in [-0.1, -0.05) is 12.8 Å². The average Bonchev–Trinajstić information content (AvgIpc) is 2.41. The summed E-state index contributed by atoms with van der Waals surface area (Å²) >= 11 is 0. The van der Waals surface area contributed by atoms with Crippen molar-refractivity contribution in [2.45, 2.75) is 63.1 Å². The normalized spacial score (nSPS) is 25.1. The monoisotopic (exact) mass is 320 g/mol. The smallest absolute Gasteiger partial charge is 0.249 e. The molecular weight excluding hydrogens is 295 g/mol. The molecule has 1 atom stereocenters. The summed E-state index contributed by atoms with van der Waals surface area (Å²) in [7, 11) is 0. The van der Waals surface area contributed by atoms with E-state index in [1.54, 1.807) is 0 Å². The minimum absolute atomic E-state index is 0.109. The average molecular weight is 320 g/mol. The molecule has 5 heteroatoms. The molecule has 1 amide bonds. The van der Waals surface area contributed by atoms with E-state index in [9.17, 15) is 9.18 Å². The summed E-state index contributed by atoms with van der Waals surface area (Å²) in [6, 6.07) is 2.15. The van der Waals surface area contributed by atoms with Gasteiger partial charge < -0.3 is 10.5 Å². The molecule has 4 nitrogen and oxygen atoms in total. The van der Waals surface area contributed by atoms with Gasteiger partial charge in [-0.15, -0.1) is 0 Å². The molecular formula is C18H23FN2O2. The number of nitrogens with two attached hydrogens (primary N) is 1. The highest BCUT2D eigenvalue weighted by Crippen LogP contribution is 2.39. The van der Waals surface area contributed by atoms with Crippen molar-refractivity contribution in [3.63, 3.8) is 0 Å². The van der Waals surface area contributed by atoms with Crippen molar-refractivity contribution in [1.82, 2.24) is 4.90 Å². The number of benzene rings is 1. The molecule has 2 N–H and O–H groups in total. The molecule has 23 heavy (non-hydrogen) atoms. The summed E-state index contributed by atoms with van der Waals surface area (Å²) < 4.78 is 27.8. The predicted molar refractivity (Wildman–Crippen MR) is 85.0 cm³/mol. The molecule has 0 saturated heterocycles. The van der Waals surface area contributed by atoms with Crippen LogP contribution in [-0.4, -0.2) is 35.5 Å². The zero-order valence-electron chi connectivity index (χ0n) is 14.2. The van der Waals surface area contributed by atoms with Gasteiger partial charge in [-0.3, -0.25) is 9.69 Å². The first kappa shape index (κ1) is 13.8. The Kier molecular flexibility index (Phi) is 3.47. The van der Waals surface area contributed by atoms with E-state index in [4.69, 9.17) is 11.8 Å². The maximum absolute atomic E-state index is 14.2. The lowest BCUT2D eigenvalue weighted by Gasteiger charge is -2.51. The van der Waals surface area contributed by atoms with Crippen molar-refractivity contribution in [2.75, 3.05) is 6.61 Å². The molecule has 0 bridgehead atoms. The first-order valence-corrected chi connectivity index (χ1v) is 8.58. The van der Waals surface area contributed by atoms with E-state index in [-0.39, 0.29) is 23.4 Å². The number of carbonyl (C=O) groups excluding carboxylic acids is 1. The lowest BCUT2D eigenvalue weighted by Crippen LogP contribution is -2.57. The van der Waals surface area contributed by atoms with Crippen molar-refractivity contribution in [3.05, 3.63) is 29.1 Å². The second kappa shape index (κ2) is 5.78. The van der Waals surface area contributed by atoms with Gasteiger partial charge >= 0.3 is 0 Å².